The molecule has 154 valence electrons. The van der Waals surface area contributed by atoms with Gasteiger partial charge in [0.2, 0.25) is 0 Å². The minimum absolute atomic E-state index is 0.292. The first kappa shape index (κ1) is 22.3. The van der Waals surface area contributed by atoms with Crippen molar-refractivity contribution in [2.24, 2.45) is 0 Å². The Kier molecular flexibility index (Phi) is 7.49. The van der Waals surface area contributed by atoms with Gasteiger partial charge < -0.3 is 10.6 Å². The second-order valence-corrected chi connectivity index (χ2v) is 8.73. The fraction of sp³-hybridized carbons (Fsp3) is 0.217. The van der Waals surface area contributed by atoms with Crippen LogP contribution in [0.2, 0.25) is 10.0 Å². The van der Waals surface area contributed by atoms with Crippen LogP contribution in [-0.2, 0) is 4.79 Å². The number of benzene rings is 2. The van der Waals surface area contributed by atoms with Crippen molar-refractivity contribution in [1.82, 2.24) is 5.32 Å². The Hall–Kier alpha value is -2.39. The molecule has 0 spiro atoms. The van der Waals surface area contributed by atoms with E-state index in [-0.39, 0.29) is 5.91 Å². The predicted octanol–water partition coefficient (Wildman–Crippen LogP) is 6.47. The van der Waals surface area contributed by atoms with Crippen molar-refractivity contribution in [3.05, 3.63) is 86.0 Å². The third-order valence-corrected chi connectivity index (χ3v) is 6.48. The second kappa shape index (κ2) is 10.1. The maximum absolute atomic E-state index is 13.3. The molecule has 0 aliphatic carbocycles. The van der Waals surface area contributed by atoms with Gasteiger partial charge in [-0.25, -0.2) is 0 Å². The molecule has 0 bridgehead atoms. The zero-order valence-electron chi connectivity index (χ0n) is 16.6. The van der Waals surface area contributed by atoms with Crippen LogP contribution in [0.5, 0.6) is 0 Å². The maximum Gasteiger partial charge on any atom is 0.254 e. The zero-order chi connectivity index (χ0) is 21.7. The van der Waals surface area contributed by atoms with E-state index < -0.39 is 5.92 Å². The van der Waals surface area contributed by atoms with Gasteiger partial charge in [-0.15, -0.1) is 11.8 Å². The fourth-order valence-electron chi connectivity index (χ4n) is 3.28. The number of nitriles is 1. The van der Waals surface area contributed by atoms with E-state index in [1.54, 1.807) is 42.1 Å². The normalized spacial score (nSPS) is 16.2. The molecule has 30 heavy (non-hydrogen) atoms. The van der Waals surface area contributed by atoms with E-state index in [0.29, 0.717) is 32.6 Å². The van der Waals surface area contributed by atoms with Crippen molar-refractivity contribution in [2.45, 2.75) is 26.2 Å². The molecule has 0 fully saturated rings. The van der Waals surface area contributed by atoms with Crippen molar-refractivity contribution in [3.63, 3.8) is 0 Å². The van der Waals surface area contributed by atoms with Crippen LogP contribution in [0.25, 0.3) is 0 Å². The second-order valence-electron chi connectivity index (χ2n) is 6.78. The highest BCUT2D eigenvalue weighted by Gasteiger charge is 2.35. The number of amides is 1. The third kappa shape index (κ3) is 4.84. The van der Waals surface area contributed by atoms with E-state index in [1.807, 2.05) is 25.1 Å². The lowest BCUT2D eigenvalue weighted by Gasteiger charge is -2.30. The van der Waals surface area contributed by atoms with E-state index in [1.165, 1.54) is 0 Å². The molecule has 1 aliphatic heterocycles. The number of hydrogen-bond donors (Lipinski definition) is 2. The van der Waals surface area contributed by atoms with Crippen molar-refractivity contribution in [3.8, 4) is 6.07 Å². The van der Waals surface area contributed by atoms with Gasteiger partial charge in [-0.05, 0) is 55.0 Å². The molecule has 0 saturated heterocycles. The Bertz CT molecular complexity index is 1050. The molecule has 2 aromatic carbocycles. The molecule has 0 radical (unpaired) electrons. The van der Waals surface area contributed by atoms with E-state index >= 15 is 0 Å². The first-order valence-electron chi connectivity index (χ1n) is 9.52. The van der Waals surface area contributed by atoms with Gasteiger partial charge in [0.15, 0.2) is 0 Å². The number of anilines is 1. The van der Waals surface area contributed by atoms with Crippen molar-refractivity contribution in [1.29, 1.82) is 5.26 Å². The highest BCUT2D eigenvalue weighted by Crippen LogP contribution is 2.43. The highest BCUT2D eigenvalue weighted by molar-refractivity contribution is 8.03. The molecule has 0 saturated carbocycles. The Balaban J connectivity index is 2.07. The SMILES string of the molecule is CCCSC1=C(C#N)[C@@H](c2ccccc2Cl)C(C(=O)Nc2ccc(Cl)cc2)=C(C)N1. The molecule has 0 unspecified atom stereocenters. The lowest BCUT2D eigenvalue weighted by molar-refractivity contribution is -0.113. The first-order valence-corrected chi connectivity index (χ1v) is 11.3. The summed E-state index contributed by atoms with van der Waals surface area (Å²) in [4.78, 5) is 13.3. The van der Waals surface area contributed by atoms with Gasteiger partial charge in [0, 0.05) is 27.0 Å². The van der Waals surface area contributed by atoms with Gasteiger partial charge in [-0.3, -0.25) is 4.79 Å². The number of rotatable bonds is 6. The average molecular weight is 458 g/mol. The van der Waals surface area contributed by atoms with Crippen LogP contribution < -0.4 is 10.6 Å². The summed E-state index contributed by atoms with van der Waals surface area (Å²) in [5.74, 6) is 0.0126. The largest absolute Gasteiger partial charge is 0.353 e. The standard InChI is InChI=1S/C23H21Cl2N3OS/c1-3-12-30-23-18(13-26)21(17-6-4-5-7-19(17)25)20(14(2)27-23)22(29)28-16-10-8-15(24)9-11-16/h4-11,21,27H,3,12H2,1-2H3,(H,28,29)/t21-/m1/s1. The first-order chi connectivity index (χ1) is 14.5. The highest BCUT2D eigenvalue weighted by atomic mass is 35.5. The molecule has 1 aliphatic rings. The van der Waals surface area contributed by atoms with Crippen LogP contribution in [0.3, 0.4) is 0 Å². The topological polar surface area (TPSA) is 64.9 Å². The number of carbonyl (C=O) groups is 1. The van der Waals surface area contributed by atoms with E-state index in [4.69, 9.17) is 23.2 Å². The summed E-state index contributed by atoms with van der Waals surface area (Å²) >= 11 is 14.0. The number of hydrogen-bond acceptors (Lipinski definition) is 4. The summed E-state index contributed by atoms with van der Waals surface area (Å²) in [5, 5.41) is 18.1. The van der Waals surface area contributed by atoms with Crippen molar-refractivity contribution < 1.29 is 4.79 Å². The van der Waals surface area contributed by atoms with Crippen molar-refractivity contribution >= 4 is 46.6 Å². The predicted molar refractivity (Wildman–Crippen MR) is 125 cm³/mol. The number of dihydropyridines is 1. The maximum atomic E-state index is 13.3. The number of allylic oxidation sites excluding steroid dienone is 2. The number of nitrogens with one attached hydrogen (secondary N) is 2. The molecule has 1 heterocycles. The minimum atomic E-state index is -0.559. The zero-order valence-corrected chi connectivity index (χ0v) is 19.0. The van der Waals surface area contributed by atoms with Crippen LogP contribution in [0, 0.1) is 11.3 Å². The lowest BCUT2D eigenvalue weighted by Crippen LogP contribution is -2.30. The quantitative estimate of drug-likeness (QED) is 0.521. The van der Waals surface area contributed by atoms with Gasteiger partial charge >= 0.3 is 0 Å². The molecule has 4 nitrogen and oxygen atoms in total. The lowest BCUT2D eigenvalue weighted by atomic mass is 9.82. The number of nitrogens with zero attached hydrogens (tertiary/aromatic N) is 1. The average Bonchev–Trinajstić information content (AvgIpc) is 2.73. The Morgan fingerprint density at radius 2 is 1.90 bits per heavy atom. The molecule has 7 heteroatoms. The third-order valence-electron chi connectivity index (χ3n) is 4.66. The molecular weight excluding hydrogens is 437 g/mol. The summed E-state index contributed by atoms with van der Waals surface area (Å²) in [7, 11) is 0. The molecule has 1 atom stereocenters. The monoisotopic (exact) mass is 457 g/mol. The summed E-state index contributed by atoms with van der Waals surface area (Å²) in [6.07, 6.45) is 0.970. The van der Waals surface area contributed by atoms with Crippen molar-refractivity contribution in [2.75, 3.05) is 11.1 Å². The van der Waals surface area contributed by atoms with Gasteiger partial charge in [-0.2, -0.15) is 5.26 Å². The smallest absolute Gasteiger partial charge is 0.254 e. The summed E-state index contributed by atoms with van der Waals surface area (Å²) in [5.41, 5.74) is 3.01. The summed E-state index contributed by atoms with van der Waals surface area (Å²) in [6.45, 7) is 3.93. The number of carbonyl (C=O) groups excluding carboxylic acids is 1. The van der Waals surface area contributed by atoms with Gasteiger partial charge in [0.05, 0.1) is 22.6 Å². The van der Waals surface area contributed by atoms with Crippen LogP contribution in [0.4, 0.5) is 5.69 Å². The fourth-order valence-corrected chi connectivity index (χ4v) is 4.61. The van der Waals surface area contributed by atoms with Gasteiger partial charge in [0.25, 0.3) is 5.91 Å². The van der Waals surface area contributed by atoms with E-state index in [0.717, 1.165) is 22.8 Å². The number of thioether (sulfide) groups is 1. The van der Waals surface area contributed by atoms with E-state index in [9.17, 15) is 10.1 Å². The van der Waals surface area contributed by atoms with E-state index in [2.05, 4.69) is 23.6 Å². The van der Waals surface area contributed by atoms with Crippen LogP contribution in [-0.4, -0.2) is 11.7 Å². The Labute approximate surface area is 191 Å². The van der Waals surface area contributed by atoms with Gasteiger partial charge in [0.1, 0.15) is 0 Å². The molecule has 0 aromatic heterocycles. The minimum Gasteiger partial charge on any atom is -0.353 e. The molecule has 1 amide bonds. The molecular formula is C23H21Cl2N3OS. The molecule has 3 rings (SSSR count). The van der Waals surface area contributed by atoms with Crippen LogP contribution in [0.1, 0.15) is 31.7 Å². The summed E-state index contributed by atoms with van der Waals surface area (Å²) < 4.78 is 0. The van der Waals surface area contributed by atoms with Gasteiger partial charge in [-0.1, -0.05) is 48.3 Å². The van der Waals surface area contributed by atoms with Crippen LogP contribution in [0.15, 0.2) is 70.4 Å². The Morgan fingerprint density at radius 1 is 1.20 bits per heavy atom. The molecule has 2 aromatic rings. The number of halogens is 2. The summed E-state index contributed by atoms with van der Waals surface area (Å²) in [6, 6.07) is 16.5. The Morgan fingerprint density at radius 3 is 2.53 bits per heavy atom. The molecule has 2 N–H and O–H groups in total. The van der Waals surface area contributed by atoms with Crippen LogP contribution >= 0.6 is 35.0 Å².